The molecule has 0 aliphatic rings. The summed E-state index contributed by atoms with van der Waals surface area (Å²) in [6.07, 6.45) is 1.96. The van der Waals surface area contributed by atoms with Crippen molar-refractivity contribution in [3.05, 3.63) is 95.6 Å². The van der Waals surface area contributed by atoms with Crippen molar-refractivity contribution in [1.82, 2.24) is 5.32 Å². The minimum Gasteiger partial charge on any atom is -0.336 e. The quantitative estimate of drug-likeness (QED) is 0.593. The van der Waals surface area contributed by atoms with Crippen molar-refractivity contribution in [1.29, 1.82) is 0 Å². The van der Waals surface area contributed by atoms with Gasteiger partial charge >= 0.3 is 0 Å². The molecule has 3 aromatic carbocycles. The van der Waals surface area contributed by atoms with Crippen LogP contribution in [0.4, 0.5) is 5.69 Å². The summed E-state index contributed by atoms with van der Waals surface area (Å²) in [6, 6.07) is 23.4. The van der Waals surface area contributed by atoms with Crippen molar-refractivity contribution in [2.75, 3.05) is 11.6 Å². The molecule has 5 heteroatoms. The highest BCUT2D eigenvalue weighted by Crippen LogP contribution is 2.21. The predicted octanol–water partition coefficient (Wildman–Crippen LogP) is 4.83. The first kappa shape index (κ1) is 19.7. The van der Waals surface area contributed by atoms with Crippen molar-refractivity contribution >= 4 is 29.3 Å². The zero-order chi connectivity index (χ0) is 19.9. The van der Waals surface area contributed by atoms with Crippen LogP contribution in [0, 0.1) is 6.92 Å². The van der Waals surface area contributed by atoms with E-state index in [2.05, 4.69) is 10.6 Å². The van der Waals surface area contributed by atoms with Crippen molar-refractivity contribution in [3.8, 4) is 0 Å². The van der Waals surface area contributed by atoms with Crippen molar-refractivity contribution in [3.63, 3.8) is 0 Å². The van der Waals surface area contributed by atoms with Gasteiger partial charge in [0.15, 0.2) is 0 Å². The largest absolute Gasteiger partial charge is 0.336 e. The molecule has 28 heavy (non-hydrogen) atoms. The number of hydrogen-bond donors (Lipinski definition) is 2. The van der Waals surface area contributed by atoms with Crippen LogP contribution in [0.2, 0.25) is 0 Å². The molecule has 0 radical (unpaired) electrons. The molecule has 0 aliphatic heterocycles. The fourth-order valence-corrected chi connectivity index (χ4v) is 3.30. The van der Waals surface area contributed by atoms with Gasteiger partial charge in [-0.05, 0) is 48.6 Å². The third kappa shape index (κ3) is 4.81. The lowest BCUT2D eigenvalue weighted by atomic mass is 10.0. The summed E-state index contributed by atoms with van der Waals surface area (Å²) in [6.45, 7) is 1.89. The molecule has 0 saturated heterocycles. The third-order valence-corrected chi connectivity index (χ3v) is 5.13. The third-order valence-electron chi connectivity index (χ3n) is 4.40. The first-order valence-corrected chi connectivity index (χ1v) is 10.2. The van der Waals surface area contributed by atoms with Gasteiger partial charge in [0.05, 0.1) is 0 Å². The standard InChI is InChI=1S/C23H22N2O2S/c1-16-13-14-19(28-2)15-20(16)22(26)25-21(17-9-5-3-6-10-17)23(27)24-18-11-7-4-8-12-18/h3-15,21H,1-2H3,(H,24,27)(H,25,26)/t21-/m0/s1. The lowest BCUT2D eigenvalue weighted by Crippen LogP contribution is -2.37. The van der Waals surface area contributed by atoms with Gasteiger partial charge in [-0.3, -0.25) is 9.59 Å². The van der Waals surface area contributed by atoms with Crippen LogP contribution in [-0.4, -0.2) is 18.1 Å². The number of carbonyl (C=O) groups is 2. The van der Waals surface area contributed by atoms with Crippen LogP contribution in [0.5, 0.6) is 0 Å². The topological polar surface area (TPSA) is 58.2 Å². The minimum absolute atomic E-state index is 0.273. The lowest BCUT2D eigenvalue weighted by molar-refractivity contribution is -0.118. The summed E-state index contributed by atoms with van der Waals surface area (Å²) < 4.78 is 0. The summed E-state index contributed by atoms with van der Waals surface area (Å²) >= 11 is 1.57. The van der Waals surface area contributed by atoms with Crippen molar-refractivity contribution < 1.29 is 9.59 Å². The summed E-state index contributed by atoms with van der Waals surface area (Å²) in [5, 5.41) is 5.78. The molecule has 2 amide bonds. The predicted molar refractivity (Wildman–Crippen MR) is 115 cm³/mol. The van der Waals surface area contributed by atoms with Gasteiger partial charge < -0.3 is 10.6 Å². The first-order valence-electron chi connectivity index (χ1n) is 8.95. The monoisotopic (exact) mass is 390 g/mol. The Bertz CT molecular complexity index is 959. The molecule has 0 bridgehead atoms. The van der Waals surface area contributed by atoms with Gasteiger partial charge in [0.1, 0.15) is 6.04 Å². The van der Waals surface area contributed by atoms with E-state index < -0.39 is 6.04 Å². The molecular weight excluding hydrogens is 368 g/mol. The molecule has 1 atom stereocenters. The number of para-hydroxylation sites is 1. The summed E-state index contributed by atoms with van der Waals surface area (Å²) in [7, 11) is 0. The Balaban J connectivity index is 1.87. The minimum atomic E-state index is -0.800. The summed E-state index contributed by atoms with van der Waals surface area (Å²) in [5.74, 6) is -0.560. The molecule has 3 aromatic rings. The average Bonchev–Trinajstić information content (AvgIpc) is 2.73. The molecule has 0 fully saturated rings. The molecule has 0 aliphatic carbocycles. The van der Waals surface area contributed by atoms with E-state index in [1.807, 2.05) is 92.0 Å². The van der Waals surface area contributed by atoms with E-state index in [9.17, 15) is 9.59 Å². The van der Waals surface area contributed by atoms with Gasteiger partial charge in [0.25, 0.3) is 11.8 Å². The van der Waals surface area contributed by atoms with E-state index in [4.69, 9.17) is 0 Å². The normalized spacial score (nSPS) is 11.5. The van der Waals surface area contributed by atoms with Gasteiger partial charge in [-0.25, -0.2) is 0 Å². The highest BCUT2D eigenvalue weighted by Gasteiger charge is 2.24. The Morgan fingerprint density at radius 2 is 1.54 bits per heavy atom. The molecule has 4 nitrogen and oxygen atoms in total. The van der Waals surface area contributed by atoms with Crippen LogP contribution in [0.3, 0.4) is 0 Å². The van der Waals surface area contributed by atoms with E-state index in [0.717, 1.165) is 16.0 Å². The average molecular weight is 391 g/mol. The molecule has 3 rings (SSSR count). The molecule has 142 valence electrons. The van der Waals surface area contributed by atoms with Crippen LogP contribution >= 0.6 is 11.8 Å². The Hall–Kier alpha value is -3.05. The molecule has 0 unspecified atom stereocenters. The fraction of sp³-hybridized carbons (Fsp3) is 0.130. The van der Waals surface area contributed by atoms with Crippen LogP contribution in [-0.2, 0) is 4.79 Å². The number of aryl methyl sites for hydroxylation is 1. The van der Waals surface area contributed by atoms with Crippen molar-refractivity contribution in [2.45, 2.75) is 17.9 Å². The Labute approximate surface area is 169 Å². The Morgan fingerprint density at radius 1 is 0.893 bits per heavy atom. The van der Waals surface area contributed by atoms with E-state index >= 15 is 0 Å². The second kappa shape index (κ2) is 9.24. The second-order valence-electron chi connectivity index (χ2n) is 6.35. The number of benzene rings is 3. The summed E-state index contributed by atoms with van der Waals surface area (Å²) in [4.78, 5) is 26.9. The fourth-order valence-electron chi connectivity index (χ4n) is 2.86. The molecule has 0 aromatic heterocycles. The van der Waals surface area contributed by atoms with E-state index in [1.165, 1.54) is 0 Å². The molecular formula is C23H22N2O2S. The zero-order valence-electron chi connectivity index (χ0n) is 15.8. The van der Waals surface area contributed by atoms with E-state index in [0.29, 0.717) is 11.3 Å². The number of carbonyl (C=O) groups excluding carboxylic acids is 2. The van der Waals surface area contributed by atoms with Gasteiger partial charge in [-0.2, -0.15) is 0 Å². The number of amides is 2. The highest BCUT2D eigenvalue weighted by atomic mass is 32.2. The van der Waals surface area contributed by atoms with E-state index in [-0.39, 0.29) is 11.8 Å². The molecule has 0 saturated carbocycles. The molecule has 0 heterocycles. The highest BCUT2D eigenvalue weighted by molar-refractivity contribution is 7.98. The first-order chi connectivity index (χ1) is 13.6. The van der Waals surface area contributed by atoms with Crippen LogP contribution in [0.25, 0.3) is 0 Å². The number of thioether (sulfide) groups is 1. The van der Waals surface area contributed by atoms with Gasteiger partial charge in [-0.1, -0.05) is 54.6 Å². The van der Waals surface area contributed by atoms with Gasteiger partial charge in [0, 0.05) is 16.1 Å². The second-order valence-corrected chi connectivity index (χ2v) is 7.23. The molecule has 0 spiro atoms. The van der Waals surface area contributed by atoms with Gasteiger partial charge in [-0.15, -0.1) is 11.8 Å². The SMILES string of the molecule is CSc1ccc(C)c(C(=O)N[C@H](C(=O)Nc2ccccc2)c2ccccc2)c1. The zero-order valence-corrected chi connectivity index (χ0v) is 16.6. The van der Waals surface area contributed by atoms with Crippen molar-refractivity contribution in [2.24, 2.45) is 0 Å². The maximum Gasteiger partial charge on any atom is 0.252 e. The Kier molecular flexibility index (Phi) is 6.50. The number of rotatable bonds is 6. The lowest BCUT2D eigenvalue weighted by Gasteiger charge is -2.20. The number of hydrogen-bond acceptors (Lipinski definition) is 3. The number of anilines is 1. The van der Waals surface area contributed by atoms with E-state index in [1.54, 1.807) is 11.8 Å². The summed E-state index contributed by atoms with van der Waals surface area (Å²) in [5.41, 5.74) is 2.84. The van der Waals surface area contributed by atoms with Crippen LogP contribution in [0.1, 0.15) is 27.5 Å². The van der Waals surface area contributed by atoms with Crippen LogP contribution in [0.15, 0.2) is 83.8 Å². The van der Waals surface area contributed by atoms with Crippen LogP contribution < -0.4 is 10.6 Å². The smallest absolute Gasteiger partial charge is 0.252 e. The number of nitrogens with one attached hydrogen (secondary N) is 2. The Morgan fingerprint density at radius 3 is 2.18 bits per heavy atom. The maximum absolute atomic E-state index is 13.0. The maximum atomic E-state index is 13.0. The van der Waals surface area contributed by atoms with Gasteiger partial charge in [0.2, 0.25) is 0 Å². The molecule has 2 N–H and O–H groups in total.